The van der Waals surface area contributed by atoms with Crippen LogP contribution in [0.5, 0.6) is 11.5 Å². The fourth-order valence-corrected chi connectivity index (χ4v) is 3.63. The van der Waals surface area contributed by atoms with Gasteiger partial charge in [-0.2, -0.15) is 9.78 Å². The number of nitrogens with two attached hydrogens (primary N) is 1. The van der Waals surface area contributed by atoms with Crippen LogP contribution in [0.25, 0.3) is 10.9 Å². The molecule has 0 unspecified atom stereocenters. The maximum Gasteiger partial charge on any atom is 0.282 e. The molecule has 3 aromatic rings. The van der Waals surface area contributed by atoms with Crippen molar-refractivity contribution in [2.24, 2.45) is 10.8 Å². The molecule has 2 aromatic carbocycles. The van der Waals surface area contributed by atoms with Gasteiger partial charge in [-0.3, -0.25) is 9.59 Å². The van der Waals surface area contributed by atoms with Crippen LogP contribution < -0.4 is 20.8 Å². The molecule has 1 heterocycles. The average molecular weight is 552 g/mol. The Morgan fingerprint density at radius 2 is 1.94 bits per heavy atom. The fraction of sp³-hybridized carbons (Fsp3) is 0.238. The van der Waals surface area contributed by atoms with Gasteiger partial charge in [0.05, 0.1) is 23.7 Å². The van der Waals surface area contributed by atoms with E-state index in [1.807, 2.05) is 19.9 Å². The van der Waals surface area contributed by atoms with Gasteiger partial charge in [-0.25, -0.2) is 4.98 Å². The van der Waals surface area contributed by atoms with E-state index in [1.165, 1.54) is 10.9 Å². The molecule has 0 atom stereocenters. The largest absolute Gasteiger partial charge is 0.490 e. The van der Waals surface area contributed by atoms with Gasteiger partial charge in [-0.15, -0.1) is 0 Å². The van der Waals surface area contributed by atoms with Crippen LogP contribution in [0.2, 0.25) is 0 Å². The van der Waals surface area contributed by atoms with Crippen molar-refractivity contribution in [3.8, 4) is 11.5 Å². The Kier molecular flexibility index (Phi) is 7.45. The molecule has 0 saturated carbocycles. The second kappa shape index (κ2) is 10.1. The number of primary amides is 1. The third-order valence-electron chi connectivity index (χ3n) is 4.24. The zero-order chi connectivity index (χ0) is 22.5. The molecule has 10 heteroatoms. The van der Waals surface area contributed by atoms with Gasteiger partial charge in [0.1, 0.15) is 5.82 Å². The van der Waals surface area contributed by atoms with Crippen LogP contribution in [0.1, 0.15) is 25.2 Å². The molecular formula is C21H20Br2N4O4. The highest BCUT2D eigenvalue weighted by Gasteiger charge is 2.13. The summed E-state index contributed by atoms with van der Waals surface area (Å²) in [6.45, 7) is 3.87. The number of hydrogen-bond donors (Lipinski definition) is 1. The number of hydrogen-bond acceptors (Lipinski definition) is 6. The predicted octanol–water partition coefficient (Wildman–Crippen LogP) is 3.63. The summed E-state index contributed by atoms with van der Waals surface area (Å²) < 4.78 is 13.7. The molecule has 0 aliphatic heterocycles. The smallest absolute Gasteiger partial charge is 0.282 e. The summed E-state index contributed by atoms with van der Waals surface area (Å²) in [5.41, 5.74) is 6.16. The molecule has 8 nitrogen and oxygen atoms in total. The number of ether oxygens (including phenoxy) is 2. The normalized spacial score (nSPS) is 11.2. The summed E-state index contributed by atoms with van der Waals surface area (Å²) in [4.78, 5) is 28.6. The van der Waals surface area contributed by atoms with Gasteiger partial charge in [0, 0.05) is 20.9 Å². The Morgan fingerprint density at radius 1 is 1.19 bits per heavy atom. The minimum atomic E-state index is -0.592. The topological polar surface area (TPSA) is 109 Å². The van der Waals surface area contributed by atoms with Crippen molar-refractivity contribution in [3.63, 3.8) is 0 Å². The zero-order valence-electron chi connectivity index (χ0n) is 16.9. The first-order chi connectivity index (χ1) is 14.8. The van der Waals surface area contributed by atoms with Crippen molar-refractivity contribution in [2.75, 3.05) is 13.2 Å². The molecule has 0 spiro atoms. The van der Waals surface area contributed by atoms with Crippen LogP contribution >= 0.6 is 31.9 Å². The minimum absolute atomic E-state index is 0.262. The van der Waals surface area contributed by atoms with Gasteiger partial charge < -0.3 is 15.2 Å². The molecule has 3 rings (SSSR count). The minimum Gasteiger partial charge on any atom is -0.490 e. The van der Waals surface area contributed by atoms with Gasteiger partial charge in [-0.1, -0.05) is 22.9 Å². The molecule has 31 heavy (non-hydrogen) atoms. The number of nitrogens with zero attached hydrogens (tertiary/aromatic N) is 3. The van der Waals surface area contributed by atoms with Crippen LogP contribution in [-0.2, 0) is 11.2 Å². The Morgan fingerprint density at radius 3 is 2.61 bits per heavy atom. The molecule has 162 valence electrons. The lowest BCUT2D eigenvalue weighted by molar-refractivity contribution is -0.119. The summed E-state index contributed by atoms with van der Waals surface area (Å²) in [5, 5.41) is 4.86. The van der Waals surface area contributed by atoms with E-state index < -0.39 is 5.91 Å². The van der Waals surface area contributed by atoms with E-state index in [0.29, 0.717) is 51.3 Å². The summed E-state index contributed by atoms with van der Waals surface area (Å²) in [6.07, 6.45) is 2.07. The van der Waals surface area contributed by atoms with Crippen LogP contribution in [0.15, 0.2) is 49.2 Å². The Labute approximate surface area is 195 Å². The number of aromatic nitrogens is 2. The number of rotatable bonds is 8. The Hall–Kier alpha value is -2.72. The summed E-state index contributed by atoms with van der Waals surface area (Å²) in [7, 11) is 0. The number of amides is 1. The molecule has 0 bridgehead atoms. The van der Waals surface area contributed by atoms with Gasteiger partial charge in [0.25, 0.3) is 11.5 Å². The second-order valence-corrected chi connectivity index (χ2v) is 8.18. The summed E-state index contributed by atoms with van der Waals surface area (Å²) in [6, 6.07) is 8.73. The Bertz CT molecular complexity index is 1220. The van der Waals surface area contributed by atoms with E-state index in [1.54, 1.807) is 24.3 Å². The summed E-state index contributed by atoms with van der Waals surface area (Å²) >= 11 is 6.85. The monoisotopic (exact) mass is 550 g/mol. The van der Waals surface area contributed by atoms with Crippen molar-refractivity contribution >= 4 is 54.9 Å². The third-order valence-corrected chi connectivity index (χ3v) is 5.42. The molecule has 2 N–H and O–H groups in total. The van der Waals surface area contributed by atoms with Crippen LogP contribution in [-0.4, -0.2) is 35.0 Å². The highest BCUT2D eigenvalue weighted by Crippen LogP contribution is 2.33. The van der Waals surface area contributed by atoms with Crippen molar-refractivity contribution in [1.29, 1.82) is 0 Å². The van der Waals surface area contributed by atoms with Crippen LogP contribution in [0.4, 0.5) is 0 Å². The Balaban J connectivity index is 2.05. The van der Waals surface area contributed by atoms with Crippen molar-refractivity contribution < 1.29 is 14.3 Å². The number of carbonyl (C=O) groups is 1. The summed E-state index contributed by atoms with van der Waals surface area (Å²) in [5.74, 6) is 0.745. The molecule has 0 fully saturated rings. The molecule has 0 radical (unpaired) electrons. The second-order valence-electron chi connectivity index (χ2n) is 6.41. The van der Waals surface area contributed by atoms with E-state index in [4.69, 9.17) is 15.2 Å². The first-order valence-corrected chi connectivity index (χ1v) is 11.1. The van der Waals surface area contributed by atoms with E-state index >= 15 is 0 Å². The molecular weight excluding hydrogens is 532 g/mol. The highest BCUT2D eigenvalue weighted by atomic mass is 79.9. The predicted molar refractivity (Wildman–Crippen MR) is 126 cm³/mol. The van der Waals surface area contributed by atoms with Gasteiger partial charge in [-0.05, 0) is 53.2 Å². The third kappa shape index (κ3) is 5.31. The number of aryl methyl sites for hydroxylation is 1. The average Bonchev–Trinajstić information content (AvgIpc) is 2.74. The van der Waals surface area contributed by atoms with E-state index in [0.717, 1.165) is 4.47 Å². The van der Waals surface area contributed by atoms with Crippen LogP contribution in [0, 0.1) is 0 Å². The van der Waals surface area contributed by atoms with E-state index in [9.17, 15) is 9.59 Å². The van der Waals surface area contributed by atoms with E-state index in [-0.39, 0.29) is 12.2 Å². The zero-order valence-corrected chi connectivity index (χ0v) is 20.1. The molecule has 1 aromatic heterocycles. The number of halogens is 2. The number of fused-ring (bicyclic) bond motifs is 1. The van der Waals surface area contributed by atoms with Crippen molar-refractivity contribution in [2.45, 2.75) is 20.3 Å². The van der Waals surface area contributed by atoms with Crippen molar-refractivity contribution in [3.05, 3.63) is 61.0 Å². The maximum atomic E-state index is 13.0. The maximum absolute atomic E-state index is 13.0. The molecule has 0 aliphatic rings. The first-order valence-electron chi connectivity index (χ1n) is 9.47. The molecule has 0 aliphatic carbocycles. The number of benzene rings is 2. The van der Waals surface area contributed by atoms with Gasteiger partial charge in [0.2, 0.25) is 0 Å². The lowest BCUT2D eigenvalue weighted by Crippen LogP contribution is -2.22. The highest BCUT2D eigenvalue weighted by molar-refractivity contribution is 9.10. The SMILES string of the molecule is CCOc1cc(C=Nn2c(CC)nc3ccc(Br)cc3c2=O)c(Br)cc1OCC(N)=O. The fourth-order valence-electron chi connectivity index (χ4n) is 2.84. The van der Waals surface area contributed by atoms with Crippen molar-refractivity contribution in [1.82, 2.24) is 9.66 Å². The van der Waals surface area contributed by atoms with Crippen LogP contribution in [0.3, 0.4) is 0 Å². The van der Waals surface area contributed by atoms with Gasteiger partial charge in [0.15, 0.2) is 18.1 Å². The lowest BCUT2D eigenvalue weighted by Gasteiger charge is -2.13. The standard InChI is InChI=1S/C21H20Br2N4O4/c1-3-20-26-16-6-5-13(22)8-14(16)21(29)27(20)25-10-12-7-17(30-4-2)18(9-15(12)23)31-11-19(24)28/h5-10H,3-4,11H2,1-2H3,(H2,24,28). The lowest BCUT2D eigenvalue weighted by atomic mass is 10.2. The van der Waals surface area contributed by atoms with Gasteiger partial charge >= 0.3 is 0 Å². The number of carbonyl (C=O) groups excluding carboxylic acids is 1. The molecule has 0 saturated heterocycles. The quantitative estimate of drug-likeness (QED) is 0.430. The molecule has 1 amide bonds. The van der Waals surface area contributed by atoms with E-state index in [2.05, 4.69) is 41.9 Å². The first kappa shape index (κ1) is 23.0.